The van der Waals surface area contributed by atoms with Crippen LogP contribution >= 0.6 is 0 Å². The van der Waals surface area contributed by atoms with E-state index in [0.717, 1.165) is 17.3 Å². The zero-order valence-electron chi connectivity index (χ0n) is 19.5. The Morgan fingerprint density at radius 2 is 1.65 bits per heavy atom. The molecule has 1 saturated heterocycles. The average molecular weight is 474 g/mol. The summed E-state index contributed by atoms with van der Waals surface area (Å²) >= 11 is 0. The molecule has 2 aromatic rings. The Hall–Kier alpha value is -2.87. The van der Waals surface area contributed by atoms with Crippen LogP contribution in [-0.4, -0.2) is 61.4 Å². The van der Waals surface area contributed by atoms with E-state index in [1.54, 1.807) is 31.1 Å². The number of likely N-dealkylation sites (N-methyl/N-ethyl adjacent to an activating group) is 1. The van der Waals surface area contributed by atoms with E-state index in [0.29, 0.717) is 44.5 Å². The molecule has 4 rings (SSSR count). The molecule has 0 radical (unpaired) electrons. The molecule has 8 heteroatoms. The number of likely N-dealkylation sites (tertiary alicyclic amines) is 1. The molecule has 0 saturated carbocycles. The van der Waals surface area contributed by atoms with E-state index in [1.165, 1.54) is 11.0 Å². The zero-order valence-corrected chi connectivity index (χ0v) is 19.5. The van der Waals surface area contributed by atoms with Gasteiger partial charge in [-0.25, -0.2) is 0 Å². The number of fused-ring (bicyclic) bond motifs is 1. The molecule has 2 aliphatic rings. The number of carbonyl (C=O) groups excluding carboxylic acids is 2. The lowest BCUT2D eigenvalue weighted by atomic mass is 9.86. The highest BCUT2D eigenvalue weighted by atomic mass is 19.4. The third kappa shape index (κ3) is 4.97. The zero-order chi connectivity index (χ0) is 24.5. The third-order valence-electron chi connectivity index (χ3n) is 6.91. The summed E-state index contributed by atoms with van der Waals surface area (Å²) in [5.41, 5.74) is 1.59. The predicted molar refractivity (Wildman–Crippen MR) is 125 cm³/mol. The predicted octanol–water partition coefficient (Wildman–Crippen LogP) is 4.32. The first-order chi connectivity index (χ1) is 16.2. The molecule has 0 N–H and O–H groups in total. The van der Waals surface area contributed by atoms with Crippen molar-refractivity contribution in [2.45, 2.75) is 43.8 Å². The summed E-state index contributed by atoms with van der Waals surface area (Å²) in [5, 5.41) is 0. The molecule has 0 spiro atoms. The van der Waals surface area contributed by atoms with Crippen LogP contribution in [0.15, 0.2) is 48.5 Å². The molecule has 0 bridgehead atoms. The molecule has 0 aliphatic carbocycles. The second-order valence-corrected chi connectivity index (χ2v) is 9.30. The molecular weight excluding hydrogens is 443 g/mol. The minimum absolute atomic E-state index is 0.102. The molecule has 34 heavy (non-hydrogen) atoms. The number of carbonyl (C=O) groups is 2. The highest BCUT2D eigenvalue weighted by Gasteiger charge is 2.39. The Labute approximate surface area is 198 Å². The number of hydrogen-bond acceptors (Lipinski definition) is 3. The maximum Gasteiger partial charge on any atom is 0.416 e. The number of amides is 2. The fourth-order valence-electron chi connectivity index (χ4n) is 5.14. The van der Waals surface area contributed by atoms with Crippen LogP contribution in [0.25, 0.3) is 0 Å². The van der Waals surface area contributed by atoms with E-state index < -0.39 is 17.8 Å². The Kier molecular flexibility index (Phi) is 6.98. The van der Waals surface area contributed by atoms with Gasteiger partial charge in [-0.15, -0.1) is 0 Å². The van der Waals surface area contributed by atoms with Gasteiger partial charge in [0.1, 0.15) is 6.04 Å². The van der Waals surface area contributed by atoms with Crippen molar-refractivity contribution < 1.29 is 22.8 Å². The van der Waals surface area contributed by atoms with Gasteiger partial charge in [0.15, 0.2) is 0 Å². The summed E-state index contributed by atoms with van der Waals surface area (Å²) in [6.45, 7) is 1.80. The van der Waals surface area contributed by atoms with Crippen LogP contribution in [0.5, 0.6) is 0 Å². The van der Waals surface area contributed by atoms with Gasteiger partial charge in [-0.3, -0.25) is 14.5 Å². The van der Waals surface area contributed by atoms with Crippen molar-refractivity contribution in [3.8, 4) is 0 Å². The van der Waals surface area contributed by atoms with Crippen LogP contribution in [0.1, 0.15) is 41.9 Å². The van der Waals surface area contributed by atoms with Crippen molar-refractivity contribution in [1.29, 1.82) is 0 Å². The first-order valence-corrected chi connectivity index (χ1v) is 11.7. The number of nitrogens with zero attached hydrogens (tertiary/aromatic N) is 3. The molecule has 0 aromatic heterocycles. The molecular formula is C26H30F3N3O2. The highest BCUT2D eigenvalue weighted by molar-refractivity contribution is 6.03. The van der Waals surface area contributed by atoms with E-state index in [-0.39, 0.29) is 24.2 Å². The number of piperidine rings is 1. The van der Waals surface area contributed by atoms with Gasteiger partial charge in [-0.1, -0.05) is 36.4 Å². The van der Waals surface area contributed by atoms with E-state index in [9.17, 15) is 22.8 Å². The average Bonchev–Trinajstić information content (AvgIpc) is 3.21. The largest absolute Gasteiger partial charge is 0.416 e. The Morgan fingerprint density at radius 3 is 2.32 bits per heavy atom. The van der Waals surface area contributed by atoms with Gasteiger partial charge in [0.2, 0.25) is 11.8 Å². The number of anilines is 1. The van der Waals surface area contributed by atoms with Crippen molar-refractivity contribution in [2.24, 2.45) is 0 Å². The molecule has 182 valence electrons. The van der Waals surface area contributed by atoms with Crippen LogP contribution in [0.4, 0.5) is 18.9 Å². The standard InChI is InChI=1S/C26H30F3N3O2/c1-30(2)25(34)23-17-19-7-3-6-10-22(19)32(23)24(33)13-16-31-14-11-18(12-15-31)20-8-4-5-9-21(20)26(27,28)29/h3-10,18,23H,11-17H2,1-2H3. The molecule has 2 aliphatic heterocycles. The molecule has 1 unspecified atom stereocenters. The topological polar surface area (TPSA) is 43.9 Å². The van der Waals surface area contributed by atoms with Crippen LogP contribution in [0.2, 0.25) is 0 Å². The molecule has 1 atom stereocenters. The smallest absolute Gasteiger partial charge is 0.347 e. The number of alkyl halides is 3. The normalized spacial score (nSPS) is 19.2. The van der Waals surface area contributed by atoms with Gasteiger partial charge < -0.3 is 9.80 Å². The van der Waals surface area contributed by atoms with E-state index in [4.69, 9.17) is 0 Å². The summed E-state index contributed by atoms with van der Waals surface area (Å²) in [6, 6.07) is 12.9. The lowest BCUT2D eigenvalue weighted by molar-refractivity contribution is -0.138. The Balaban J connectivity index is 1.38. The highest BCUT2D eigenvalue weighted by Crippen LogP contribution is 2.39. The minimum Gasteiger partial charge on any atom is -0.347 e. The third-order valence-corrected chi connectivity index (χ3v) is 6.91. The van der Waals surface area contributed by atoms with Gasteiger partial charge in [-0.2, -0.15) is 13.2 Å². The quantitative estimate of drug-likeness (QED) is 0.650. The Morgan fingerprint density at radius 1 is 1.00 bits per heavy atom. The van der Waals surface area contributed by atoms with Gasteiger partial charge >= 0.3 is 6.18 Å². The van der Waals surface area contributed by atoms with E-state index in [2.05, 4.69) is 4.90 Å². The summed E-state index contributed by atoms with van der Waals surface area (Å²) < 4.78 is 40.2. The first kappa shape index (κ1) is 24.3. The van der Waals surface area contributed by atoms with Crippen LogP contribution < -0.4 is 4.90 Å². The first-order valence-electron chi connectivity index (χ1n) is 11.7. The molecule has 2 aromatic carbocycles. The van der Waals surface area contributed by atoms with Crippen molar-refractivity contribution in [3.63, 3.8) is 0 Å². The fraction of sp³-hybridized carbons (Fsp3) is 0.462. The maximum absolute atomic E-state index is 13.4. The van der Waals surface area contributed by atoms with Crippen molar-refractivity contribution in [2.75, 3.05) is 38.6 Å². The van der Waals surface area contributed by atoms with Gasteiger partial charge in [-0.05, 0) is 55.1 Å². The Bertz CT molecular complexity index is 1050. The van der Waals surface area contributed by atoms with Crippen LogP contribution in [-0.2, 0) is 22.2 Å². The number of hydrogen-bond donors (Lipinski definition) is 0. The number of para-hydroxylation sites is 1. The summed E-state index contributed by atoms with van der Waals surface area (Å²) in [5.74, 6) is -0.347. The second-order valence-electron chi connectivity index (χ2n) is 9.30. The van der Waals surface area contributed by atoms with Crippen molar-refractivity contribution >= 4 is 17.5 Å². The van der Waals surface area contributed by atoms with Crippen molar-refractivity contribution in [1.82, 2.24) is 9.80 Å². The van der Waals surface area contributed by atoms with E-state index in [1.807, 2.05) is 24.3 Å². The van der Waals surface area contributed by atoms with Gasteiger partial charge in [0.25, 0.3) is 0 Å². The van der Waals surface area contributed by atoms with Crippen LogP contribution in [0.3, 0.4) is 0 Å². The van der Waals surface area contributed by atoms with Crippen molar-refractivity contribution in [3.05, 3.63) is 65.2 Å². The second kappa shape index (κ2) is 9.78. The van der Waals surface area contributed by atoms with E-state index >= 15 is 0 Å². The maximum atomic E-state index is 13.4. The SMILES string of the molecule is CN(C)C(=O)C1Cc2ccccc2N1C(=O)CCN1CCC(c2ccccc2C(F)(F)F)CC1. The number of rotatable bonds is 5. The minimum atomic E-state index is -4.35. The van der Waals surface area contributed by atoms with Crippen LogP contribution in [0, 0.1) is 0 Å². The summed E-state index contributed by atoms with van der Waals surface area (Å²) in [4.78, 5) is 31.3. The molecule has 1 fully saturated rings. The molecule has 2 heterocycles. The number of halogens is 3. The summed E-state index contributed by atoms with van der Waals surface area (Å²) in [7, 11) is 3.38. The fourth-order valence-corrected chi connectivity index (χ4v) is 5.14. The number of benzene rings is 2. The summed E-state index contributed by atoms with van der Waals surface area (Å²) in [6.07, 6.45) is -2.35. The molecule has 5 nitrogen and oxygen atoms in total. The van der Waals surface area contributed by atoms with Gasteiger partial charge in [0, 0.05) is 39.2 Å². The molecule has 2 amide bonds. The monoisotopic (exact) mass is 473 g/mol. The lowest BCUT2D eigenvalue weighted by Crippen LogP contribution is -2.48. The lowest BCUT2D eigenvalue weighted by Gasteiger charge is -2.34. The van der Waals surface area contributed by atoms with Gasteiger partial charge in [0.05, 0.1) is 5.56 Å².